The van der Waals surface area contributed by atoms with Crippen LogP contribution in [0.4, 0.5) is 21.9 Å². The second kappa shape index (κ2) is 10.4. The lowest BCUT2D eigenvalue weighted by Gasteiger charge is -2.23. The summed E-state index contributed by atoms with van der Waals surface area (Å²) in [5.41, 5.74) is 6.15. The summed E-state index contributed by atoms with van der Waals surface area (Å²) in [5.74, 6) is 1.97. The van der Waals surface area contributed by atoms with Crippen LogP contribution >= 0.6 is 0 Å². The fraction of sp³-hybridized carbons (Fsp3) is 0.214. The van der Waals surface area contributed by atoms with Crippen molar-refractivity contribution in [1.82, 2.24) is 30.8 Å². The minimum absolute atomic E-state index is 0.125. The molecule has 0 aliphatic carbocycles. The summed E-state index contributed by atoms with van der Waals surface area (Å²) in [6.45, 7) is 5.32. The Kier molecular flexibility index (Phi) is 6.45. The first-order valence-corrected chi connectivity index (χ1v) is 12.7. The van der Waals surface area contributed by atoms with Gasteiger partial charge < -0.3 is 20.1 Å². The van der Waals surface area contributed by atoms with E-state index in [-0.39, 0.29) is 11.9 Å². The predicted octanol–water partition coefficient (Wildman–Crippen LogP) is 5.17. The van der Waals surface area contributed by atoms with Crippen molar-refractivity contribution in [3.05, 3.63) is 84.0 Å². The third-order valence-corrected chi connectivity index (χ3v) is 6.81. The number of nitrogens with one attached hydrogen (secondary N) is 3. The highest BCUT2D eigenvalue weighted by atomic mass is 16.5. The standard InChI is InChI=1S/C28H27N9O2/c1-17-7-10-21(11-8-17)30-28(38)31-24-15-19(22-5-3-4-6-23(22)26-32-35-36-33-26)9-12-25(24)37-14-13-20(16-37)27-29-18(2)34-39-27/h3-12,15,20H,13-14,16H2,1-2H3,(H2,30,31,38)(H,32,33,35,36). The van der Waals surface area contributed by atoms with E-state index < -0.39 is 0 Å². The first-order chi connectivity index (χ1) is 19.0. The van der Waals surface area contributed by atoms with Crippen LogP contribution < -0.4 is 15.5 Å². The van der Waals surface area contributed by atoms with E-state index in [4.69, 9.17) is 4.52 Å². The number of aromatic nitrogens is 6. The van der Waals surface area contributed by atoms with Gasteiger partial charge in [0.25, 0.3) is 0 Å². The van der Waals surface area contributed by atoms with Gasteiger partial charge in [0.05, 0.1) is 17.3 Å². The van der Waals surface area contributed by atoms with Crippen molar-refractivity contribution in [2.24, 2.45) is 0 Å². The SMILES string of the molecule is Cc1ccc(NC(=O)Nc2cc(-c3ccccc3-c3nnn[nH]3)ccc2N2CCC(c3nc(C)no3)C2)cc1. The monoisotopic (exact) mass is 521 g/mol. The van der Waals surface area contributed by atoms with Crippen molar-refractivity contribution in [2.75, 3.05) is 28.6 Å². The third kappa shape index (κ3) is 5.19. The molecule has 3 heterocycles. The van der Waals surface area contributed by atoms with Crippen LogP contribution in [0.3, 0.4) is 0 Å². The summed E-state index contributed by atoms with van der Waals surface area (Å²) >= 11 is 0. The molecule has 11 nitrogen and oxygen atoms in total. The molecular weight excluding hydrogens is 494 g/mol. The number of aryl methyl sites for hydroxylation is 2. The number of carbonyl (C=O) groups excluding carboxylic acids is 1. The normalized spacial score (nSPS) is 14.9. The Labute approximate surface area is 224 Å². The van der Waals surface area contributed by atoms with Gasteiger partial charge in [0.15, 0.2) is 11.6 Å². The van der Waals surface area contributed by atoms with Crippen molar-refractivity contribution >= 4 is 23.1 Å². The highest BCUT2D eigenvalue weighted by molar-refractivity contribution is 6.02. The Bertz CT molecular complexity index is 1600. The van der Waals surface area contributed by atoms with Crippen LogP contribution in [0.15, 0.2) is 71.3 Å². The molecule has 1 aliphatic rings. The molecule has 2 aromatic heterocycles. The summed E-state index contributed by atoms with van der Waals surface area (Å²) in [7, 11) is 0. The molecule has 3 aromatic carbocycles. The quantitative estimate of drug-likeness (QED) is 0.278. The molecule has 0 radical (unpaired) electrons. The number of amides is 2. The Morgan fingerprint density at radius 1 is 1.03 bits per heavy atom. The van der Waals surface area contributed by atoms with Crippen molar-refractivity contribution in [3.63, 3.8) is 0 Å². The molecule has 3 N–H and O–H groups in total. The molecular formula is C28H27N9O2. The zero-order valence-electron chi connectivity index (χ0n) is 21.5. The number of urea groups is 1. The third-order valence-electron chi connectivity index (χ3n) is 6.81. The molecule has 1 unspecified atom stereocenters. The average Bonchev–Trinajstić information content (AvgIpc) is 3.72. The van der Waals surface area contributed by atoms with Gasteiger partial charge in [0, 0.05) is 24.3 Å². The van der Waals surface area contributed by atoms with Gasteiger partial charge in [-0.15, -0.1) is 5.10 Å². The van der Waals surface area contributed by atoms with Gasteiger partial charge in [-0.3, -0.25) is 0 Å². The number of hydrogen-bond donors (Lipinski definition) is 3. The molecule has 1 saturated heterocycles. The second-order valence-corrected chi connectivity index (χ2v) is 9.58. The molecule has 0 saturated carbocycles. The number of benzene rings is 3. The van der Waals surface area contributed by atoms with Crippen LogP contribution in [0, 0.1) is 13.8 Å². The molecule has 1 atom stereocenters. The van der Waals surface area contributed by atoms with Crippen LogP contribution in [0.5, 0.6) is 0 Å². The van der Waals surface area contributed by atoms with Gasteiger partial charge in [-0.05, 0) is 66.1 Å². The maximum atomic E-state index is 13.1. The average molecular weight is 522 g/mol. The number of H-pyrrole nitrogens is 1. The number of nitrogens with zero attached hydrogens (tertiary/aromatic N) is 6. The fourth-order valence-corrected chi connectivity index (χ4v) is 4.88. The summed E-state index contributed by atoms with van der Waals surface area (Å²) < 4.78 is 5.44. The molecule has 2 amide bonds. The van der Waals surface area contributed by atoms with E-state index in [0.29, 0.717) is 35.5 Å². The molecule has 5 aromatic rings. The minimum atomic E-state index is -0.326. The minimum Gasteiger partial charge on any atom is -0.369 e. The Hall–Kier alpha value is -5.06. The maximum Gasteiger partial charge on any atom is 0.323 e. The van der Waals surface area contributed by atoms with Crippen LogP contribution in [-0.2, 0) is 0 Å². The van der Waals surface area contributed by atoms with E-state index in [2.05, 4.69) is 46.3 Å². The lowest BCUT2D eigenvalue weighted by atomic mass is 9.98. The van der Waals surface area contributed by atoms with Crippen LogP contribution in [0.1, 0.15) is 29.6 Å². The molecule has 0 spiro atoms. The smallest absolute Gasteiger partial charge is 0.323 e. The summed E-state index contributed by atoms with van der Waals surface area (Å²) in [6.07, 6.45) is 0.875. The van der Waals surface area contributed by atoms with E-state index in [1.165, 1.54) is 0 Å². The zero-order chi connectivity index (χ0) is 26.8. The van der Waals surface area contributed by atoms with Crippen molar-refractivity contribution in [2.45, 2.75) is 26.2 Å². The molecule has 39 heavy (non-hydrogen) atoms. The van der Waals surface area contributed by atoms with Crippen LogP contribution in [-0.4, -0.2) is 49.9 Å². The number of anilines is 3. The summed E-state index contributed by atoms with van der Waals surface area (Å²) in [5, 5.41) is 24.3. The highest BCUT2D eigenvalue weighted by Gasteiger charge is 2.30. The van der Waals surface area contributed by atoms with E-state index in [9.17, 15) is 4.79 Å². The lowest BCUT2D eigenvalue weighted by Crippen LogP contribution is -2.24. The highest BCUT2D eigenvalue weighted by Crippen LogP contribution is 2.38. The van der Waals surface area contributed by atoms with Gasteiger partial charge in [-0.25, -0.2) is 9.89 Å². The van der Waals surface area contributed by atoms with E-state index >= 15 is 0 Å². The van der Waals surface area contributed by atoms with Crippen molar-refractivity contribution < 1.29 is 9.32 Å². The lowest BCUT2D eigenvalue weighted by molar-refractivity contribution is 0.262. The van der Waals surface area contributed by atoms with Crippen molar-refractivity contribution in [3.8, 4) is 22.5 Å². The topological polar surface area (TPSA) is 138 Å². The van der Waals surface area contributed by atoms with E-state index in [1.807, 2.05) is 80.6 Å². The second-order valence-electron chi connectivity index (χ2n) is 9.58. The molecule has 1 fully saturated rings. The Balaban J connectivity index is 1.33. The zero-order valence-corrected chi connectivity index (χ0v) is 21.5. The number of carbonyl (C=O) groups is 1. The molecule has 196 valence electrons. The number of hydrogen-bond acceptors (Lipinski definition) is 8. The molecule has 11 heteroatoms. The largest absolute Gasteiger partial charge is 0.369 e. The van der Waals surface area contributed by atoms with Gasteiger partial charge in [0.1, 0.15) is 0 Å². The predicted molar refractivity (Wildman–Crippen MR) is 147 cm³/mol. The first kappa shape index (κ1) is 24.3. The van der Waals surface area contributed by atoms with Crippen molar-refractivity contribution in [1.29, 1.82) is 0 Å². The van der Waals surface area contributed by atoms with E-state index in [1.54, 1.807) is 0 Å². The van der Waals surface area contributed by atoms with Crippen LogP contribution in [0.25, 0.3) is 22.5 Å². The van der Waals surface area contributed by atoms with Gasteiger partial charge >= 0.3 is 6.03 Å². The first-order valence-electron chi connectivity index (χ1n) is 12.7. The number of tetrazole rings is 1. The van der Waals surface area contributed by atoms with Gasteiger partial charge in [-0.1, -0.05) is 53.2 Å². The maximum absolute atomic E-state index is 13.1. The Morgan fingerprint density at radius 3 is 2.59 bits per heavy atom. The molecule has 6 rings (SSSR count). The van der Waals surface area contributed by atoms with E-state index in [0.717, 1.165) is 40.9 Å². The van der Waals surface area contributed by atoms with Gasteiger partial charge in [-0.2, -0.15) is 4.98 Å². The summed E-state index contributed by atoms with van der Waals surface area (Å²) in [6, 6.07) is 21.3. The van der Waals surface area contributed by atoms with Crippen LogP contribution in [0.2, 0.25) is 0 Å². The molecule has 0 bridgehead atoms. The fourth-order valence-electron chi connectivity index (χ4n) is 4.88. The summed E-state index contributed by atoms with van der Waals surface area (Å²) in [4.78, 5) is 19.8. The number of aromatic amines is 1. The molecule has 1 aliphatic heterocycles. The van der Waals surface area contributed by atoms with Gasteiger partial charge in [0.2, 0.25) is 5.89 Å². The number of rotatable bonds is 6. The Morgan fingerprint density at radius 2 is 1.85 bits per heavy atom.